The number of guanidine groups is 1. The van der Waals surface area contributed by atoms with E-state index in [2.05, 4.69) is 72.4 Å². The van der Waals surface area contributed by atoms with Crippen LogP contribution in [0.15, 0.2) is 29.3 Å². The first-order chi connectivity index (χ1) is 14.6. The summed E-state index contributed by atoms with van der Waals surface area (Å²) in [6.45, 7) is 19.0. The largest absolute Gasteiger partial charge is 0.357 e. The topological polar surface area (TPSA) is 42.9 Å². The number of hydrogen-bond donors (Lipinski definition) is 2. The first-order valence-corrected chi connectivity index (χ1v) is 12.2. The van der Waals surface area contributed by atoms with E-state index in [0.717, 1.165) is 38.4 Å². The van der Waals surface area contributed by atoms with E-state index in [1.165, 1.54) is 63.2 Å². The predicted molar refractivity (Wildman–Crippen MR) is 146 cm³/mol. The van der Waals surface area contributed by atoms with Gasteiger partial charge in [0, 0.05) is 45.8 Å². The molecule has 178 valence electrons. The predicted octanol–water partition coefficient (Wildman–Crippen LogP) is 4.33. The minimum atomic E-state index is 0. The van der Waals surface area contributed by atoms with E-state index in [-0.39, 0.29) is 24.0 Å². The summed E-state index contributed by atoms with van der Waals surface area (Å²) >= 11 is 0. The molecule has 0 bridgehead atoms. The van der Waals surface area contributed by atoms with Crippen LogP contribution in [0.5, 0.6) is 0 Å². The van der Waals surface area contributed by atoms with Gasteiger partial charge in [-0.15, -0.1) is 24.0 Å². The van der Waals surface area contributed by atoms with Crippen LogP contribution in [0.3, 0.4) is 0 Å². The van der Waals surface area contributed by atoms with Crippen molar-refractivity contribution in [2.24, 2.45) is 4.99 Å². The van der Waals surface area contributed by atoms with Gasteiger partial charge in [0.05, 0.1) is 0 Å². The van der Waals surface area contributed by atoms with Gasteiger partial charge in [-0.3, -0.25) is 4.99 Å². The molecule has 0 saturated carbocycles. The van der Waals surface area contributed by atoms with E-state index < -0.39 is 0 Å². The van der Waals surface area contributed by atoms with Crippen molar-refractivity contribution in [3.05, 3.63) is 35.4 Å². The lowest BCUT2D eigenvalue weighted by Crippen LogP contribution is -2.46. The summed E-state index contributed by atoms with van der Waals surface area (Å²) in [4.78, 5) is 9.91. The van der Waals surface area contributed by atoms with Gasteiger partial charge in [-0.1, -0.05) is 45.0 Å². The van der Waals surface area contributed by atoms with Crippen LogP contribution in [0, 0.1) is 0 Å². The zero-order chi connectivity index (χ0) is 21.6. The molecule has 31 heavy (non-hydrogen) atoms. The van der Waals surface area contributed by atoms with Crippen molar-refractivity contribution in [2.75, 3.05) is 58.9 Å². The van der Waals surface area contributed by atoms with Gasteiger partial charge in [-0.05, 0) is 62.7 Å². The molecule has 2 N–H and O–H groups in total. The number of rotatable bonds is 12. The smallest absolute Gasteiger partial charge is 0.191 e. The first-order valence-electron chi connectivity index (χ1n) is 12.2. The SMILES string of the molecule is CCNC(=NCCCc1ccc(C(C)C)cc1)NCCCCN1CCN(CC)CC1.I. The highest BCUT2D eigenvalue weighted by atomic mass is 127. The second kappa shape index (κ2) is 16.7. The summed E-state index contributed by atoms with van der Waals surface area (Å²) in [6, 6.07) is 9.06. The Bertz CT molecular complexity index is 594. The van der Waals surface area contributed by atoms with Gasteiger partial charge in [0.1, 0.15) is 0 Å². The lowest BCUT2D eigenvalue weighted by atomic mass is 10.0. The highest BCUT2D eigenvalue weighted by Crippen LogP contribution is 2.15. The van der Waals surface area contributed by atoms with E-state index in [1.54, 1.807) is 0 Å². The van der Waals surface area contributed by atoms with Crippen LogP contribution in [0.1, 0.15) is 64.0 Å². The Balaban J connectivity index is 0.00000480. The van der Waals surface area contributed by atoms with E-state index in [0.29, 0.717) is 5.92 Å². The molecule has 1 heterocycles. The maximum Gasteiger partial charge on any atom is 0.191 e. The number of aliphatic imine (C=N–C) groups is 1. The minimum absolute atomic E-state index is 0. The molecular weight excluding hydrogens is 497 g/mol. The van der Waals surface area contributed by atoms with Crippen molar-refractivity contribution in [3.63, 3.8) is 0 Å². The molecule has 1 saturated heterocycles. The second-order valence-electron chi connectivity index (χ2n) is 8.67. The third-order valence-corrected chi connectivity index (χ3v) is 5.99. The fourth-order valence-corrected chi connectivity index (χ4v) is 3.88. The van der Waals surface area contributed by atoms with Gasteiger partial charge in [0.25, 0.3) is 0 Å². The van der Waals surface area contributed by atoms with E-state index in [4.69, 9.17) is 4.99 Å². The highest BCUT2D eigenvalue weighted by molar-refractivity contribution is 14.0. The lowest BCUT2D eigenvalue weighted by molar-refractivity contribution is 0.136. The molecule has 0 aromatic heterocycles. The second-order valence-corrected chi connectivity index (χ2v) is 8.67. The number of nitrogens with one attached hydrogen (secondary N) is 2. The third kappa shape index (κ3) is 11.5. The third-order valence-electron chi connectivity index (χ3n) is 5.99. The molecule has 1 aliphatic heterocycles. The summed E-state index contributed by atoms with van der Waals surface area (Å²) in [7, 11) is 0. The average Bonchev–Trinajstić information content (AvgIpc) is 2.77. The van der Waals surface area contributed by atoms with Crippen LogP contribution in [-0.2, 0) is 6.42 Å². The molecular formula is C25H46IN5. The monoisotopic (exact) mass is 543 g/mol. The number of likely N-dealkylation sites (N-methyl/N-ethyl adjacent to an activating group) is 1. The van der Waals surface area contributed by atoms with Crippen LogP contribution < -0.4 is 10.6 Å². The van der Waals surface area contributed by atoms with Crippen molar-refractivity contribution >= 4 is 29.9 Å². The summed E-state index contributed by atoms with van der Waals surface area (Å²) in [5.74, 6) is 1.56. The Kier molecular flexibility index (Phi) is 15.2. The van der Waals surface area contributed by atoms with Crippen LogP contribution in [-0.4, -0.2) is 74.7 Å². The summed E-state index contributed by atoms with van der Waals surface area (Å²) in [5.41, 5.74) is 2.82. The van der Waals surface area contributed by atoms with Crippen LogP contribution >= 0.6 is 24.0 Å². The van der Waals surface area contributed by atoms with Crippen LogP contribution in [0.2, 0.25) is 0 Å². The maximum atomic E-state index is 4.76. The van der Waals surface area contributed by atoms with Crippen molar-refractivity contribution < 1.29 is 0 Å². The molecule has 5 nitrogen and oxygen atoms in total. The lowest BCUT2D eigenvalue weighted by Gasteiger charge is -2.34. The normalized spacial score (nSPS) is 15.7. The molecule has 0 amide bonds. The molecule has 2 rings (SSSR count). The molecule has 1 aliphatic rings. The Morgan fingerprint density at radius 1 is 0.935 bits per heavy atom. The average molecular weight is 544 g/mol. The Labute approximate surface area is 208 Å². The fraction of sp³-hybridized carbons (Fsp3) is 0.720. The van der Waals surface area contributed by atoms with Crippen molar-refractivity contribution in [2.45, 2.75) is 59.3 Å². The van der Waals surface area contributed by atoms with Crippen molar-refractivity contribution in [1.82, 2.24) is 20.4 Å². The Morgan fingerprint density at radius 3 is 2.23 bits per heavy atom. The van der Waals surface area contributed by atoms with Gasteiger partial charge in [0.2, 0.25) is 0 Å². The van der Waals surface area contributed by atoms with Crippen molar-refractivity contribution in [1.29, 1.82) is 0 Å². The number of unbranched alkanes of at least 4 members (excludes halogenated alkanes) is 1. The molecule has 1 fully saturated rings. The molecule has 1 aromatic carbocycles. The summed E-state index contributed by atoms with van der Waals surface area (Å²) < 4.78 is 0. The van der Waals surface area contributed by atoms with Crippen LogP contribution in [0.4, 0.5) is 0 Å². The quantitative estimate of drug-likeness (QED) is 0.178. The number of piperazine rings is 1. The minimum Gasteiger partial charge on any atom is -0.357 e. The van der Waals surface area contributed by atoms with E-state index in [9.17, 15) is 0 Å². The molecule has 0 unspecified atom stereocenters. The van der Waals surface area contributed by atoms with E-state index in [1.807, 2.05) is 0 Å². The van der Waals surface area contributed by atoms with Crippen LogP contribution in [0.25, 0.3) is 0 Å². The molecule has 1 aromatic rings. The maximum absolute atomic E-state index is 4.76. The highest BCUT2D eigenvalue weighted by Gasteiger charge is 2.14. The molecule has 0 aliphatic carbocycles. The molecule has 6 heteroatoms. The van der Waals surface area contributed by atoms with E-state index >= 15 is 0 Å². The number of halogens is 1. The first kappa shape index (κ1) is 28.2. The van der Waals surface area contributed by atoms with Gasteiger partial charge in [0.15, 0.2) is 5.96 Å². The number of hydrogen-bond acceptors (Lipinski definition) is 3. The number of nitrogens with zero attached hydrogens (tertiary/aromatic N) is 3. The molecule has 0 radical (unpaired) electrons. The Hall–Kier alpha value is -0.860. The van der Waals surface area contributed by atoms with Gasteiger partial charge in [-0.2, -0.15) is 0 Å². The zero-order valence-electron chi connectivity index (χ0n) is 20.3. The molecule has 0 spiro atoms. The Morgan fingerprint density at radius 2 is 1.61 bits per heavy atom. The van der Waals surface area contributed by atoms with Gasteiger partial charge >= 0.3 is 0 Å². The van der Waals surface area contributed by atoms with Crippen molar-refractivity contribution in [3.8, 4) is 0 Å². The standard InChI is InChI=1S/C25H45N5.HI/c1-5-26-25(27-15-7-8-17-30-20-18-29(6-2)19-21-30)28-16-9-10-23-11-13-24(14-12-23)22(3)4;/h11-14,22H,5-10,15-21H2,1-4H3,(H2,26,27,28);1H. The fourth-order valence-electron chi connectivity index (χ4n) is 3.88. The number of benzene rings is 1. The van der Waals surface area contributed by atoms with Gasteiger partial charge in [-0.25, -0.2) is 0 Å². The summed E-state index contributed by atoms with van der Waals surface area (Å²) in [6.07, 6.45) is 4.62. The zero-order valence-corrected chi connectivity index (χ0v) is 22.7. The number of aryl methyl sites for hydroxylation is 1. The molecule has 0 atom stereocenters. The van der Waals surface area contributed by atoms with Gasteiger partial charge < -0.3 is 20.4 Å². The summed E-state index contributed by atoms with van der Waals surface area (Å²) in [5, 5.41) is 6.88.